The highest BCUT2D eigenvalue weighted by atomic mass is 16.2. The van der Waals surface area contributed by atoms with Crippen LogP contribution in [0.1, 0.15) is 26.2 Å². The van der Waals surface area contributed by atoms with E-state index >= 15 is 0 Å². The van der Waals surface area contributed by atoms with Gasteiger partial charge in [-0.2, -0.15) is 0 Å². The van der Waals surface area contributed by atoms with Gasteiger partial charge in [-0.3, -0.25) is 9.69 Å². The van der Waals surface area contributed by atoms with Crippen LogP contribution in [-0.4, -0.2) is 67.6 Å². The van der Waals surface area contributed by atoms with E-state index in [1.54, 1.807) is 0 Å². The number of nitrogens with zero attached hydrogens (tertiary/aromatic N) is 2. The second-order valence-electron chi connectivity index (χ2n) is 6.32. The summed E-state index contributed by atoms with van der Waals surface area (Å²) in [6.45, 7) is 6.82. The first kappa shape index (κ1) is 14.8. The molecule has 3 N–H and O–H groups in total. The molecule has 2 fully saturated rings. The fraction of sp³-hybridized carbons (Fsp3) is 0.929. The number of amides is 1. The predicted molar refractivity (Wildman–Crippen MR) is 76.9 cm³/mol. The van der Waals surface area contributed by atoms with Crippen molar-refractivity contribution >= 4 is 5.91 Å². The number of hydrogen-bond donors (Lipinski definition) is 2. The van der Waals surface area contributed by atoms with Crippen LogP contribution in [0.4, 0.5) is 0 Å². The van der Waals surface area contributed by atoms with Gasteiger partial charge in [0.2, 0.25) is 5.91 Å². The number of rotatable bonds is 3. The summed E-state index contributed by atoms with van der Waals surface area (Å²) in [5.41, 5.74) is 5.88. The van der Waals surface area contributed by atoms with Crippen LogP contribution in [0.25, 0.3) is 0 Å². The monoisotopic (exact) mass is 268 g/mol. The first-order valence-electron chi connectivity index (χ1n) is 7.50. The summed E-state index contributed by atoms with van der Waals surface area (Å²) in [5, 5.41) is 3.21. The fourth-order valence-corrected chi connectivity index (χ4v) is 3.14. The van der Waals surface area contributed by atoms with Gasteiger partial charge in [-0.05, 0) is 38.8 Å². The summed E-state index contributed by atoms with van der Waals surface area (Å²) in [6, 6.07) is 0.670. The molecule has 0 spiro atoms. The zero-order chi connectivity index (χ0) is 13.8. The highest BCUT2D eigenvalue weighted by Crippen LogP contribution is 2.15. The predicted octanol–water partition coefficient (Wildman–Crippen LogP) is -0.134. The highest BCUT2D eigenvalue weighted by molar-refractivity contribution is 5.78. The maximum Gasteiger partial charge on any atom is 0.234 e. The summed E-state index contributed by atoms with van der Waals surface area (Å²) in [7, 11) is 2.14. The third-order valence-electron chi connectivity index (χ3n) is 4.45. The molecular weight excluding hydrogens is 240 g/mol. The minimum absolute atomic E-state index is 0.178. The molecule has 1 amide bonds. The number of hydrogen-bond acceptors (Lipinski definition) is 4. The lowest BCUT2D eigenvalue weighted by Gasteiger charge is -2.36. The van der Waals surface area contributed by atoms with Crippen LogP contribution in [0.3, 0.4) is 0 Å². The van der Waals surface area contributed by atoms with Crippen molar-refractivity contribution in [2.75, 3.05) is 39.8 Å². The molecule has 2 atom stereocenters. The first-order valence-corrected chi connectivity index (χ1v) is 7.50. The van der Waals surface area contributed by atoms with E-state index in [0.29, 0.717) is 24.5 Å². The van der Waals surface area contributed by atoms with Gasteiger partial charge in [0.15, 0.2) is 0 Å². The third kappa shape index (κ3) is 4.44. The molecule has 0 aromatic rings. The van der Waals surface area contributed by atoms with Crippen molar-refractivity contribution in [1.82, 2.24) is 15.1 Å². The largest absolute Gasteiger partial charge is 0.352 e. The Bertz CT molecular complexity index is 302. The Morgan fingerprint density at radius 3 is 2.58 bits per heavy atom. The SMILES string of the molecule is CC1CN(C)CCC1NC(=O)CN1CCC(N)CC1. The molecule has 2 rings (SSSR count). The Balaban J connectivity index is 1.72. The molecule has 110 valence electrons. The number of piperidine rings is 2. The van der Waals surface area contributed by atoms with Crippen LogP contribution >= 0.6 is 0 Å². The van der Waals surface area contributed by atoms with Gasteiger partial charge < -0.3 is 16.0 Å². The van der Waals surface area contributed by atoms with Crippen LogP contribution in [0.2, 0.25) is 0 Å². The molecular formula is C14H28N4O. The molecule has 2 aliphatic heterocycles. The van der Waals surface area contributed by atoms with Gasteiger partial charge in [-0.1, -0.05) is 6.92 Å². The molecule has 19 heavy (non-hydrogen) atoms. The molecule has 0 aliphatic carbocycles. The van der Waals surface area contributed by atoms with Gasteiger partial charge in [0.1, 0.15) is 0 Å². The summed E-state index contributed by atoms with van der Waals surface area (Å²) in [4.78, 5) is 16.6. The lowest BCUT2D eigenvalue weighted by Crippen LogP contribution is -2.52. The molecule has 2 saturated heterocycles. The second-order valence-corrected chi connectivity index (χ2v) is 6.32. The van der Waals surface area contributed by atoms with Gasteiger partial charge in [-0.15, -0.1) is 0 Å². The highest BCUT2D eigenvalue weighted by Gasteiger charge is 2.26. The maximum absolute atomic E-state index is 12.1. The van der Waals surface area contributed by atoms with E-state index < -0.39 is 0 Å². The number of carbonyl (C=O) groups is 1. The van der Waals surface area contributed by atoms with Crippen molar-refractivity contribution in [1.29, 1.82) is 0 Å². The lowest BCUT2D eigenvalue weighted by molar-refractivity contribution is -0.123. The summed E-state index contributed by atoms with van der Waals surface area (Å²) in [6.07, 6.45) is 3.09. The van der Waals surface area contributed by atoms with E-state index in [9.17, 15) is 4.79 Å². The van der Waals surface area contributed by atoms with Crippen LogP contribution in [0, 0.1) is 5.92 Å². The zero-order valence-electron chi connectivity index (χ0n) is 12.3. The molecule has 2 unspecified atom stereocenters. The Morgan fingerprint density at radius 2 is 1.95 bits per heavy atom. The smallest absolute Gasteiger partial charge is 0.234 e. The van der Waals surface area contributed by atoms with Crippen molar-refractivity contribution < 1.29 is 4.79 Å². The number of nitrogens with two attached hydrogens (primary N) is 1. The molecule has 2 aliphatic rings. The molecule has 0 aromatic heterocycles. The molecule has 0 radical (unpaired) electrons. The number of carbonyl (C=O) groups excluding carboxylic acids is 1. The van der Waals surface area contributed by atoms with Crippen LogP contribution in [-0.2, 0) is 4.79 Å². The maximum atomic E-state index is 12.1. The van der Waals surface area contributed by atoms with Crippen molar-refractivity contribution in [3.8, 4) is 0 Å². The number of nitrogens with one attached hydrogen (secondary N) is 1. The third-order valence-corrected chi connectivity index (χ3v) is 4.45. The van der Waals surface area contributed by atoms with E-state index in [2.05, 4.69) is 29.1 Å². The van der Waals surface area contributed by atoms with Crippen LogP contribution in [0.5, 0.6) is 0 Å². The van der Waals surface area contributed by atoms with E-state index in [1.807, 2.05) is 0 Å². The van der Waals surface area contributed by atoms with Gasteiger partial charge in [-0.25, -0.2) is 0 Å². The Morgan fingerprint density at radius 1 is 1.26 bits per heavy atom. The Labute approximate surface area is 116 Å². The minimum atomic E-state index is 0.178. The van der Waals surface area contributed by atoms with Crippen molar-refractivity contribution in [3.05, 3.63) is 0 Å². The molecule has 2 heterocycles. The van der Waals surface area contributed by atoms with Crippen LogP contribution < -0.4 is 11.1 Å². The van der Waals surface area contributed by atoms with Crippen molar-refractivity contribution in [3.63, 3.8) is 0 Å². The Kier molecular flexibility index (Phi) is 5.19. The second kappa shape index (κ2) is 6.68. The zero-order valence-corrected chi connectivity index (χ0v) is 12.3. The molecule has 0 aromatic carbocycles. The van der Waals surface area contributed by atoms with Gasteiger partial charge in [0.05, 0.1) is 6.54 Å². The minimum Gasteiger partial charge on any atom is -0.352 e. The van der Waals surface area contributed by atoms with Gasteiger partial charge in [0, 0.05) is 31.7 Å². The average molecular weight is 268 g/mol. The average Bonchev–Trinajstić information content (AvgIpc) is 2.36. The number of likely N-dealkylation sites (tertiary alicyclic amines) is 2. The fourth-order valence-electron chi connectivity index (χ4n) is 3.14. The Hall–Kier alpha value is -0.650. The quantitative estimate of drug-likeness (QED) is 0.748. The molecule has 5 heteroatoms. The standard InChI is InChI=1S/C14H28N4O/c1-11-9-17(2)6-5-13(11)16-14(19)10-18-7-3-12(15)4-8-18/h11-13H,3-10,15H2,1-2H3,(H,16,19). The molecule has 5 nitrogen and oxygen atoms in total. The topological polar surface area (TPSA) is 61.6 Å². The van der Waals surface area contributed by atoms with E-state index in [1.165, 1.54) is 0 Å². The summed E-state index contributed by atoms with van der Waals surface area (Å²) in [5.74, 6) is 0.717. The van der Waals surface area contributed by atoms with Crippen LogP contribution in [0.15, 0.2) is 0 Å². The van der Waals surface area contributed by atoms with Crippen molar-refractivity contribution in [2.45, 2.75) is 38.3 Å². The molecule has 0 saturated carbocycles. The summed E-state index contributed by atoms with van der Waals surface area (Å²) >= 11 is 0. The van der Waals surface area contributed by atoms with Gasteiger partial charge >= 0.3 is 0 Å². The first-order chi connectivity index (χ1) is 9.04. The van der Waals surface area contributed by atoms with Crippen molar-refractivity contribution in [2.24, 2.45) is 11.7 Å². The summed E-state index contributed by atoms with van der Waals surface area (Å²) < 4.78 is 0. The van der Waals surface area contributed by atoms with E-state index in [4.69, 9.17) is 5.73 Å². The van der Waals surface area contributed by atoms with E-state index in [-0.39, 0.29) is 5.91 Å². The normalized spacial score (nSPS) is 31.3. The van der Waals surface area contributed by atoms with Gasteiger partial charge in [0.25, 0.3) is 0 Å². The lowest BCUT2D eigenvalue weighted by atomic mass is 9.94. The van der Waals surface area contributed by atoms with E-state index in [0.717, 1.165) is 45.4 Å². The molecule has 0 bridgehead atoms.